The van der Waals surface area contributed by atoms with Gasteiger partial charge in [0.05, 0.1) is 31.4 Å². The van der Waals surface area contributed by atoms with Crippen molar-refractivity contribution in [3.8, 4) is 0 Å². The number of nitrogens with zero attached hydrogens (tertiary/aromatic N) is 2. The fourth-order valence-corrected chi connectivity index (χ4v) is 3.26. The van der Waals surface area contributed by atoms with Crippen molar-refractivity contribution >= 4 is 11.8 Å². The second-order valence-electron chi connectivity index (χ2n) is 6.34. The summed E-state index contributed by atoms with van der Waals surface area (Å²) in [6, 6.07) is 0. The molecule has 0 radical (unpaired) electrons. The van der Waals surface area contributed by atoms with Crippen molar-refractivity contribution in [3.63, 3.8) is 0 Å². The third-order valence-corrected chi connectivity index (χ3v) is 4.64. The Balaban J connectivity index is 1.45. The molecule has 0 spiro atoms. The molecule has 0 saturated carbocycles. The van der Waals surface area contributed by atoms with Crippen LogP contribution in [0.25, 0.3) is 0 Å². The zero-order chi connectivity index (χ0) is 16.8. The summed E-state index contributed by atoms with van der Waals surface area (Å²) in [6.07, 6.45) is 4.72. The second-order valence-corrected chi connectivity index (χ2v) is 6.34. The molecular formula is C16H25N5O3. The van der Waals surface area contributed by atoms with E-state index < -0.39 is 0 Å². The summed E-state index contributed by atoms with van der Waals surface area (Å²) in [5.74, 6) is -0.127. The first-order valence-electron chi connectivity index (χ1n) is 8.56. The Morgan fingerprint density at radius 1 is 1.29 bits per heavy atom. The quantitative estimate of drug-likeness (QED) is 0.651. The van der Waals surface area contributed by atoms with Crippen LogP contribution in [0.5, 0.6) is 0 Å². The largest absolute Gasteiger partial charge is 0.378 e. The predicted octanol–water partition coefficient (Wildman–Crippen LogP) is -0.847. The van der Waals surface area contributed by atoms with Gasteiger partial charge in [0.25, 0.3) is 0 Å². The monoisotopic (exact) mass is 335 g/mol. The minimum Gasteiger partial charge on any atom is -0.378 e. The van der Waals surface area contributed by atoms with Crippen LogP contribution in [0.15, 0.2) is 12.5 Å². The lowest BCUT2D eigenvalue weighted by Crippen LogP contribution is -2.51. The van der Waals surface area contributed by atoms with Crippen molar-refractivity contribution in [2.75, 3.05) is 45.9 Å². The smallest absolute Gasteiger partial charge is 0.227 e. The highest BCUT2D eigenvalue weighted by Gasteiger charge is 2.33. The number of nitrogens with one attached hydrogen (secondary N) is 3. The SMILES string of the molecule is O=C(NCCc1cnc[nH]1)[C@H]1CNC[C@@H](C(=O)N2CCOCC2)C1. The molecule has 24 heavy (non-hydrogen) atoms. The topological polar surface area (TPSA) is 99.3 Å². The molecule has 0 aliphatic carbocycles. The van der Waals surface area contributed by atoms with Gasteiger partial charge in [-0.2, -0.15) is 0 Å². The Bertz CT molecular complexity index is 542. The number of carbonyl (C=O) groups is 2. The summed E-state index contributed by atoms with van der Waals surface area (Å²) in [5, 5.41) is 6.19. The number of ether oxygens (including phenoxy) is 1. The summed E-state index contributed by atoms with van der Waals surface area (Å²) < 4.78 is 5.29. The lowest BCUT2D eigenvalue weighted by molar-refractivity contribution is -0.141. The van der Waals surface area contributed by atoms with Gasteiger partial charge in [0.15, 0.2) is 0 Å². The molecule has 3 N–H and O–H groups in total. The Labute approximate surface area is 141 Å². The van der Waals surface area contributed by atoms with Gasteiger partial charge in [-0.3, -0.25) is 9.59 Å². The maximum Gasteiger partial charge on any atom is 0.227 e. The molecule has 0 unspecified atom stereocenters. The van der Waals surface area contributed by atoms with Crippen LogP contribution in [0.4, 0.5) is 0 Å². The first-order valence-corrected chi connectivity index (χ1v) is 8.56. The molecule has 3 rings (SSSR count). The average molecular weight is 335 g/mol. The van der Waals surface area contributed by atoms with Crippen molar-refractivity contribution in [1.29, 1.82) is 0 Å². The predicted molar refractivity (Wildman–Crippen MR) is 87.2 cm³/mol. The third kappa shape index (κ3) is 4.33. The van der Waals surface area contributed by atoms with E-state index in [4.69, 9.17) is 4.74 Å². The zero-order valence-corrected chi connectivity index (χ0v) is 13.8. The highest BCUT2D eigenvalue weighted by Crippen LogP contribution is 2.19. The van der Waals surface area contributed by atoms with Gasteiger partial charge in [-0.15, -0.1) is 0 Å². The van der Waals surface area contributed by atoms with E-state index in [1.807, 2.05) is 4.90 Å². The number of H-pyrrole nitrogens is 1. The molecule has 2 aliphatic heterocycles. The van der Waals surface area contributed by atoms with Crippen molar-refractivity contribution < 1.29 is 14.3 Å². The van der Waals surface area contributed by atoms with E-state index in [2.05, 4.69) is 20.6 Å². The molecule has 8 nitrogen and oxygen atoms in total. The summed E-state index contributed by atoms with van der Waals surface area (Å²) in [5.41, 5.74) is 0.998. The number of aromatic amines is 1. The van der Waals surface area contributed by atoms with Crippen molar-refractivity contribution in [3.05, 3.63) is 18.2 Å². The summed E-state index contributed by atoms with van der Waals surface area (Å²) in [7, 11) is 0. The minimum absolute atomic E-state index is 0.0153. The first kappa shape index (κ1) is 16.9. The van der Waals surface area contributed by atoms with Crippen LogP contribution < -0.4 is 10.6 Å². The van der Waals surface area contributed by atoms with Gasteiger partial charge < -0.3 is 25.3 Å². The van der Waals surface area contributed by atoms with Crippen LogP contribution in [-0.4, -0.2) is 72.6 Å². The number of piperidine rings is 1. The van der Waals surface area contributed by atoms with Crippen LogP contribution in [0, 0.1) is 11.8 Å². The van der Waals surface area contributed by atoms with Crippen LogP contribution in [0.1, 0.15) is 12.1 Å². The molecule has 2 saturated heterocycles. The van der Waals surface area contributed by atoms with Crippen LogP contribution in [0.2, 0.25) is 0 Å². The van der Waals surface area contributed by atoms with Gasteiger partial charge in [0.1, 0.15) is 0 Å². The summed E-state index contributed by atoms with van der Waals surface area (Å²) in [6.45, 7) is 4.34. The Kier molecular flexibility index (Phi) is 5.81. The number of morpholine rings is 1. The van der Waals surface area contributed by atoms with Crippen molar-refractivity contribution in [2.45, 2.75) is 12.8 Å². The second kappa shape index (κ2) is 8.25. The molecule has 2 amide bonds. The van der Waals surface area contributed by atoms with E-state index >= 15 is 0 Å². The van der Waals surface area contributed by atoms with Crippen LogP contribution >= 0.6 is 0 Å². The summed E-state index contributed by atoms with van der Waals surface area (Å²) in [4.78, 5) is 33.8. The standard InChI is InChI=1S/C16H25N5O3/c22-15(19-2-1-14-10-18-11-20-14)12-7-13(9-17-8-12)16(23)21-3-5-24-6-4-21/h10-13,17H,1-9H2,(H,18,20)(H,19,22)/t12-,13+/m1/s1. The molecule has 0 bridgehead atoms. The Morgan fingerprint density at radius 3 is 2.83 bits per heavy atom. The Morgan fingerprint density at radius 2 is 2.08 bits per heavy atom. The number of imidazole rings is 1. The zero-order valence-electron chi connectivity index (χ0n) is 13.8. The molecule has 3 heterocycles. The van der Waals surface area contributed by atoms with E-state index in [9.17, 15) is 9.59 Å². The fourth-order valence-electron chi connectivity index (χ4n) is 3.26. The molecule has 1 aromatic heterocycles. The van der Waals surface area contributed by atoms with Gasteiger partial charge in [0, 0.05) is 51.0 Å². The van der Waals surface area contributed by atoms with E-state index in [1.165, 1.54) is 0 Å². The van der Waals surface area contributed by atoms with E-state index in [0.717, 1.165) is 12.1 Å². The molecule has 2 fully saturated rings. The van der Waals surface area contributed by atoms with Gasteiger partial charge >= 0.3 is 0 Å². The van der Waals surface area contributed by atoms with Gasteiger partial charge in [-0.25, -0.2) is 4.98 Å². The van der Waals surface area contributed by atoms with E-state index in [1.54, 1.807) is 12.5 Å². The number of carbonyl (C=O) groups excluding carboxylic acids is 2. The van der Waals surface area contributed by atoms with Gasteiger partial charge in [-0.1, -0.05) is 0 Å². The minimum atomic E-state index is -0.157. The number of aromatic nitrogens is 2. The van der Waals surface area contributed by atoms with Crippen molar-refractivity contribution in [1.82, 2.24) is 25.5 Å². The fraction of sp³-hybridized carbons (Fsp3) is 0.688. The molecule has 8 heteroatoms. The molecular weight excluding hydrogens is 310 g/mol. The first-order chi connectivity index (χ1) is 11.7. The van der Waals surface area contributed by atoms with Gasteiger partial charge in [-0.05, 0) is 6.42 Å². The number of hydrogen-bond acceptors (Lipinski definition) is 5. The number of hydrogen-bond donors (Lipinski definition) is 3. The van der Waals surface area contributed by atoms with Crippen LogP contribution in [-0.2, 0) is 20.7 Å². The maximum atomic E-state index is 12.6. The van der Waals surface area contributed by atoms with Crippen LogP contribution in [0.3, 0.4) is 0 Å². The summed E-state index contributed by atoms with van der Waals surface area (Å²) >= 11 is 0. The molecule has 132 valence electrons. The Hall–Kier alpha value is -1.93. The average Bonchev–Trinajstić information content (AvgIpc) is 3.15. The molecule has 2 atom stereocenters. The molecule has 2 aliphatic rings. The lowest BCUT2D eigenvalue weighted by Gasteiger charge is -2.34. The number of amides is 2. The van der Waals surface area contributed by atoms with E-state index in [0.29, 0.717) is 52.4 Å². The molecule has 0 aromatic carbocycles. The van der Waals surface area contributed by atoms with E-state index in [-0.39, 0.29) is 23.7 Å². The van der Waals surface area contributed by atoms with Gasteiger partial charge in [0.2, 0.25) is 11.8 Å². The van der Waals surface area contributed by atoms with Crippen molar-refractivity contribution in [2.24, 2.45) is 11.8 Å². The normalized spacial score (nSPS) is 24.6. The third-order valence-electron chi connectivity index (χ3n) is 4.64. The maximum absolute atomic E-state index is 12.6. The highest BCUT2D eigenvalue weighted by molar-refractivity contribution is 5.83. The highest BCUT2D eigenvalue weighted by atomic mass is 16.5. The number of rotatable bonds is 5. The molecule has 1 aromatic rings. The lowest BCUT2D eigenvalue weighted by atomic mass is 9.88.